The fraction of sp³-hybridized carbons (Fsp3) is 0.188. The van der Waals surface area contributed by atoms with Crippen LogP contribution < -0.4 is 5.32 Å². The van der Waals surface area contributed by atoms with Gasteiger partial charge in [-0.1, -0.05) is 42.5 Å². The molecular formula is C16H16FNO2. The normalized spacial score (nSPS) is 11.9. The molecule has 104 valence electrons. The van der Waals surface area contributed by atoms with E-state index in [0.29, 0.717) is 11.3 Å². The van der Waals surface area contributed by atoms with Gasteiger partial charge in [0, 0.05) is 6.54 Å². The number of carboxylic acids is 1. The third kappa shape index (κ3) is 3.15. The van der Waals surface area contributed by atoms with Crippen LogP contribution in [-0.4, -0.2) is 17.6 Å². The Labute approximate surface area is 117 Å². The second kappa shape index (κ2) is 6.19. The number of carbonyl (C=O) groups is 1. The van der Waals surface area contributed by atoms with E-state index in [1.54, 1.807) is 43.3 Å². The minimum atomic E-state index is -0.933. The standard InChI is InChI=1S/C16H16FNO2/c1-11-6-5-9-14(17)15(11)18-10-13(16(19)20)12-7-3-2-4-8-12/h2-9,13,18H,10H2,1H3,(H,19,20). The summed E-state index contributed by atoms with van der Waals surface area (Å²) in [5, 5.41) is 12.2. The van der Waals surface area contributed by atoms with E-state index in [4.69, 9.17) is 0 Å². The van der Waals surface area contributed by atoms with Crippen molar-refractivity contribution in [2.45, 2.75) is 12.8 Å². The van der Waals surface area contributed by atoms with Gasteiger partial charge < -0.3 is 10.4 Å². The van der Waals surface area contributed by atoms with E-state index in [9.17, 15) is 14.3 Å². The molecule has 20 heavy (non-hydrogen) atoms. The van der Waals surface area contributed by atoms with Gasteiger partial charge in [0.2, 0.25) is 0 Å². The summed E-state index contributed by atoms with van der Waals surface area (Å²) in [5.74, 6) is -2.02. The molecule has 0 bridgehead atoms. The Hall–Kier alpha value is -2.36. The van der Waals surface area contributed by atoms with Gasteiger partial charge in [0.15, 0.2) is 0 Å². The number of hydrogen-bond acceptors (Lipinski definition) is 2. The lowest BCUT2D eigenvalue weighted by Gasteiger charge is -2.16. The monoisotopic (exact) mass is 273 g/mol. The summed E-state index contributed by atoms with van der Waals surface area (Å²) in [4.78, 5) is 11.4. The number of aryl methyl sites for hydroxylation is 1. The van der Waals surface area contributed by atoms with E-state index < -0.39 is 11.9 Å². The van der Waals surface area contributed by atoms with Gasteiger partial charge in [-0.2, -0.15) is 0 Å². The molecule has 0 amide bonds. The molecule has 1 atom stereocenters. The van der Waals surface area contributed by atoms with Gasteiger partial charge in [0.25, 0.3) is 0 Å². The molecule has 4 heteroatoms. The zero-order valence-electron chi connectivity index (χ0n) is 11.1. The largest absolute Gasteiger partial charge is 0.481 e. The zero-order chi connectivity index (χ0) is 14.5. The minimum Gasteiger partial charge on any atom is -0.481 e. The molecule has 0 radical (unpaired) electrons. The maximum atomic E-state index is 13.7. The van der Waals surface area contributed by atoms with E-state index in [2.05, 4.69) is 5.32 Å². The Bertz CT molecular complexity index is 578. The first kappa shape index (κ1) is 14.1. The lowest BCUT2D eigenvalue weighted by molar-refractivity contribution is -0.138. The van der Waals surface area contributed by atoms with E-state index in [-0.39, 0.29) is 12.4 Å². The van der Waals surface area contributed by atoms with E-state index >= 15 is 0 Å². The average molecular weight is 273 g/mol. The molecular weight excluding hydrogens is 257 g/mol. The Kier molecular flexibility index (Phi) is 4.35. The van der Waals surface area contributed by atoms with Gasteiger partial charge in [-0.25, -0.2) is 4.39 Å². The summed E-state index contributed by atoms with van der Waals surface area (Å²) >= 11 is 0. The number of rotatable bonds is 5. The van der Waals surface area contributed by atoms with Crippen molar-refractivity contribution >= 4 is 11.7 Å². The molecule has 0 aliphatic rings. The second-order valence-electron chi connectivity index (χ2n) is 4.61. The van der Waals surface area contributed by atoms with Crippen LogP contribution in [0.5, 0.6) is 0 Å². The van der Waals surface area contributed by atoms with E-state index in [1.807, 2.05) is 6.07 Å². The van der Waals surface area contributed by atoms with Crippen molar-refractivity contribution in [3.05, 3.63) is 65.5 Å². The molecule has 2 aromatic carbocycles. The maximum Gasteiger partial charge on any atom is 0.312 e. The smallest absolute Gasteiger partial charge is 0.312 e. The van der Waals surface area contributed by atoms with Crippen molar-refractivity contribution < 1.29 is 14.3 Å². The highest BCUT2D eigenvalue weighted by atomic mass is 19.1. The third-order valence-corrected chi connectivity index (χ3v) is 3.20. The second-order valence-corrected chi connectivity index (χ2v) is 4.61. The molecule has 1 unspecified atom stereocenters. The SMILES string of the molecule is Cc1cccc(F)c1NCC(C(=O)O)c1ccccc1. The van der Waals surface area contributed by atoms with Crippen LogP contribution in [0.1, 0.15) is 17.0 Å². The van der Waals surface area contributed by atoms with Gasteiger partial charge >= 0.3 is 5.97 Å². The maximum absolute atomic E-state index is 13.7. The van der Waals surface area contributed by atoms with Crippen LogP contribution in [0.3, 0.4) is 0 Å². The van der Waals surface area contributed by atoms with Crippen LogP contribution in [0.4, 0.5) is 10.1 Å². The summed E-state index contributed by atoms with van der Waals surface area (Å²) in [6, 6.07) is 13.7. The molecule has 2 N–H and O–H groups in total. The summed E-state index contributed by atoms with van der Waals surface area (Å²) < 4.78 is 13.7. The molecule has 3 nitrogen and oxygen atoms in total. The van der Waals surface area contributed by atoms with Crippen molar-refractivity contribution in [3.63, 3.8) is 0 Å². The summed E-state index contributed by atoms with van der Waals surface area (Å²) in [6.45, 7) is 1.92. The predicted molar refractivity (Wildman–Crippen MR) is 76.4 cm³/mol. The fourth-order valence-electron chi connectivity index (χ4n) is 2.09. The van der Waals surface area contributed by atoms with Crippen LogP contribution in [-0.2, 0) is 4.79 Å². The van der Waals surface area contributed by atoms with Crippen molar-refractivity contribution in [2.75, 3.05) is 11.9 Å². The number of nitrogens with one attached hydrogen (secondary N) is 1. The number of halogens is 1. The van der Waals surface area contributed by atoms with Gasteiger partial charge in [0.1, 0.15) is 5.82 Å². The van der Waals surface area contributed by atoms with Crippen molar-refractivity contribution in [1.29, 1.82) is 0 Å². The van der Waals surface area contributed by atoms with Crippen molar-refractivity contribution in [3.8, 4) is 0 Å². The third-order valence-electron chi connectivity index (χ3n) is 3.20. The van der Waals surface area contributed by atoms with Crippen LogP contribution in [0.2, 0.25) is 0 Å². The minimum absolute atomic E-state index is 0.140. The average Bonchev–Trinajstić information content (AvgIpc) is 2.43. The molecule has 2 rings (SSSR count). The fourth-order valence-corrected chi connectivity index (χ4v) is 2.09. The number of aliphatic carboxylic acids is 1. The van der Waals surface area contributed by atoms with Gasteiger partial charge in [-0.3, -0.25) is 4.79 Å². The van der Waals surface area contributed by atoms with Crippen molar-refractivity contribution in [1.82, 2.24) is 0 Å². The highest BCUT2D eigenvalue weighted by Crippen LogP contribution is 2.22. The number of hydrogen-bond donors (Lipinski definition) is 2. The first-order chi connectivity index (χ1) is 9.59. The zero-order valence-corrected chi connectivity index (χ0v) is 11.1. The first-order valence-electron chi connectivity index (χ1n) is 6.36. The van der Waals surface area contributed by atoms with Crippen LogP contribution in [0, 0.1) is 12.7 Å². The molecule has 0 fully saturated rings. The number of carboxylic acid groups (broad SMARTS) is 1. The number of benzene rings is 2. The highest BCUT2D eigenvalue weighted by molar-refractivity contribution is 5.77. The molecule has 0 aliphatic heterocycles. The molecule has 0 aliphatic carbocycles. The molecule has 0 saturated carbocycles. The Morgan fingerprint density at radius 1 is 1.20 bits per heavy atom. The van der Waals surface area contributed by atoms with Crippen LogP contribution in [0.25, 0.3) is 0 Å². The summed E-state index contributed by atoms with van der Waals surface area (Å²) in [6.07, 6.45) is 0. The topological polar surface area (TPSA) is 49.3 Å². The highest BCUT2D eigenvalue weighted by Gasteiger charge is 2.20. The van der Waals surface area contributed by atoms with E-state index in [0.717, 1.165) is 5.56 Å². The van der Waals surface area contributed by atoms with Gasteiger partial charge in [0.05, 0.1) is 11.6 Å². The molecule has 2 aromatic rings. The Balaban J connectivity index is 2.17. The molecule has 0 aromatic heterocycles. The Morgan fingerprint density at radius 2 is 1.90 bits per heavy atom. The lowest BCUT2D eigenvalue weighted by atomic mass is 9.99. The van der Waals surface area contributed by atoms with Crippen LogP contribution in [0.15, 0.2) is 48.5 Å². The van der Waals surface area contributed by atoms with Gasteiger partial charge in [-0.15, -0.1) is 0 Å². The Morgan fingerprint density at radius 3 is 2.50 bits per heavy atom. The van der Waals surface area contributed by atoms with Gasteiger partial charge in [-0.05, 0) is 24.1 Å². The molecule has 0 saturated heterocycles. The lowest BCUT2D eigenvalue weighted by Crippen LogP contribution is -2.21. The van der Waals surface area contributed by atoms with E-state index in [1.165, 1.54) is 6.07 Å². The number of para-hydroxylation sites is 1. The predicted octanol–water partition coefficient (Wildman–Crippen LogP) is 3.41. The quantitative estimate of drug-likeness (QED) is 0.877. The van der Waals surface area contributed by atoms with Crippen LogP contribution >= 0.6 is 0 Å². The molecule has 0 heterocycles. The first-order valence-corrected chi connectivity index (χ1v) is 6.36. The molecule has 0 spiro atoms. The summed E-state index contributed by atoms with van der Waals surface area (Å²) in [7, 11) is 0. The summed E-state index contributed by atoms with van der Waals surface area (Å²) in [5.41, 5.74) is 1.80. The van der Waals surface area contributed by atoms with Crippen molar-refractivity contribution in [2.24, 2.45) is 0 Å². The number of anilines is 1.